The zero-order chi connectivity index (χ0) is 14.8. The highest BCUT2D eigenvalue weighted by Crippen LogP contribution is 2.30. The summed E-state index contributed by atoms with van der Waals surface area (Å²) < 4.78 is 15.0. The van der Waals surface area contributed by atoms with Gasteiger partial charge >= 0.3 is 0 Å². The van der Waals surface area contributed by atoms with Crippen molar-refractivity contribution in [2.24, 2.45) is 5.92 Å². The minimum atomic E-state index is -0.344. The van der Waals surface area contributed by atoms with E-state index < -0.39 is 0 Å². The fourth-order valence-electron chi connectivity index (χ4n) is 2.30. The van der Waals surface area contributed by atoms with Gasteiger partial charge in [0.15, 0.2) is 0 Å². The van der Waals surface area contributed by atoms with Gasteiger partial charge in [0.25, 0.3) is 0 Å². The standard InChI is InChI=1S/C16H17FN4/c1-11(2)9-21-10-14(12-5-6-18-7-12)16(20-21)15-4-3-13(17)8-19-15/h3-8,10-11,18H,9H2,1-2H3. The predicted octanol–water partition coefficient (Wildman–Crippen LogP) is 3.74. The third-order valence-electron chi connectivity index (χ3n) is 3.19. The van der Waals surface area contributed by atoms with Gasteiger partial charge in [-0.25, -0.2) is 4.39 Å². The number of halogens is 1. The molecular weight excluding hydrogens is 267 g/mol. The molecule has 108 valence electrons. The van der Waals surface area contributed by atoms with E-state index in [0.717, 1.165) is 23.4 Å². The van der Waals surface area contributed by atoms with Crippen LogP contribution in [0.5, 0.6) is 0 Å². The maximum Gasteiger partial charge on any atom is 0.141 e. The number of H-pyrrole nitrogens is 1. The van der Waals surface area contributed by atoms with Crippen molar-refractivity contribution in [2.45, 2.75) is 20.4 Å². The van der Waals surface area contributed by atoms with Crippen LogP contribution in [-0.2, 0) is 6.54 Å². The van der Waals surface area contributed by atoms with E-state index in [0.29, 0.717) is 11.6 Å². The SMILES string of the molecule is CC(C)Cn1cc(-c2cc[nH]c2)c(-c2ccc(F)cn2)n1. The van der Waals surface area contributed by atoms with Crippen LogP contribution in [0.2, 0.25) is 0 Å². The van der Waals surface area contributed by atoms with E-state index in [1.54, 1.807) is 6.07 Å². The van der Waals surface area contributed by atoms with Gasteiger partial charge in [-0.05, 0) is 24.1 Å². The smallest absolute Gasteiger partial charge is 0.141 e. The van der Waals surface area contributed by atoms with Crippen LogP contribution in [0.1, 0.15) is 13.8 Å². The predicted molar refractivity (Wildman–Crippen MR) is 80.0 cm³/mol. The molecule has 3 aromatic rings. The third-order valence-corrected chi connectivity index (χ3v) is 3.19. The summed E-state index contributed by atoms with van der Waals surface area (Å²) in [7, 11) is 0. The number of hydrogen-bond acceptors (Lipinski definition) is 2. The summed E-state index contributed by atoms with van der Waals surface area (Å²) >= 11 is 0. The van der Waals surface area contributed by atoms with Crippen molar-refractivity contribution >= 4 is 0 Å². The summed E-state index contributed by atoms with van der Waals surface area (Å²) in [4.78, 5) is 7.20. The first kappa shape index (κ1) is 13.5. The van der Waals surface area contributed by atoms with Gasteiger partial charge in [-0.2, -0.15) is 5.10 Å². The largest absolute Gasteiger partial charge is 0.367 e. The van der Waals surface area contributed by atoms with Gasteiger partial charge in [0.2, 0.25) is 0 Å². The van der Waals surface area contributed by atoms with E-state index in [2.05, 4.69) is 28.9 Å². The first-order chi connectivity index (χ1) is 10.1. The first-order valence-electron chi connectivity index (χ1n) is 6.96. The molecule has 5 heteroatoms. The molecule has 4 nitrogen and oxygen atoms in total. The molecule has 0 fully saturated rings. The maximum absolute atomic E-state index is 13.1. The molecule has 0 bridgehead atoms. The molecule has 3 rings (SSSR count). The molecule has 21 heavy (non-hydrogen) atoms. The molecular formula is C16H17FN4. The topological polar surface area (TPSA) is 46.5 Å². The highest BCUT2D eigenvalue weighted by molar-refractivity contribution is 5.78. The lowest BCUT2D eigenvalue weighted by atomic mass is 10.1. The van der Waals surface area contributed by atoms with Gasteiger partial charge in [0.05, 0.1) is 11.9 Å². The second-order valence-electron chi connectivity index (χ2n) is 5.47. The quantitative estimate of drug-likeness (QED) is 0.793. The molecule has 0 aliphatic rings. The van der Waals surface area contributed by atoms with Crippen LogP contribution < -0.4 is 0 Å². The second kappa shape index (κ2) is 5.52. The van der Waals surface area contributed by atoms with Crippen LogP contribution >= 0.6 is 0 Å². The van der Waals surface area contributed by atoms with Gasteiger partial charge in [0, 0.05) is 36.3 Å². The van der Waals surface area contributed by atoms with Gasteiger partial charge in [0.1, 0.15) is 11.5 Å². The number of rotatable bonds is 4. The van der Waals surface area contributed by atoms with Crippen LogP contribution in [-0.4, -0.2) is 19.7 Å². The molecule has 0 atom stereocenters. The lowest BCUT2D eigenvalue weighted by Gasteiger charge is -2.03. The zero-order valence-electron chi connectivity index (χ0n) is 12.0. The van der Waals surface area contributed by atoms with Gasteiger partial charge < -0.3 is 4.98 Å². The molecule has 0 radical (unpaired) electrons. The Morgan fingerprint density at radius 1 is 1.29 bits per heavy atom. The molecule has 1 N–H and O–H groups in total. The molecule has 0 unspecified atom stereocenters. The van der Waals surface area contributed by atoms with E-state index >= 15 is 0 Å². The number of nitrogens with zero attached hydrogens (tertiary/aromatic N) is 3. The van der Waals surface area contributed by atoms with Crippen LogP contribution in [0, 0.1) is 11.7 Å². The van der Waals surface area contributed by atoms with Crippen molar-refractivity contribution in [2.75, 3.05) is 0 Å². The monoisotopic (exact) mass is 284 g/mol. The fourth-order valence-corrected chi connectivity index (χ4v) is 2.30. The molecule has 0 spiro atoms. The fraction of sp³-hybridized carbons (Fsp3) is 0.250. The normalized spacial score (nSPS) is 11.2. The summed E-state index contributed by atoms with van der Waals surface area (Å²) in [5.74, 6) is 0.154. The Bertz CT molecular complexity index is 711. The Morgan fingerprint density at radius 2 is 2.14 bits per heavy atom. The second-order valence-corrected chi connectivity index (χ2v) is 5.47. The van der Waals surface area contributed by atoms with Gasteiger partial charge in [-0.3, -0.25) is 9.67 Å². The number of aromatic amines is 1. The average Bonchev–Trinajstić information content (AvgIpc) is 3.07. The zero-order valence-corrected chi connectivity index (χ0v) is 12.0. The van der Waals surface area contributed by atoms with Gasteiger partial charge in [-0.15, -0.1) is 0 Å². The molecule has 0 amide bonds. The van der Waals surface area contributed by atoms with Crippen LogP contribution in [0.3, 0.4) is 0 Å². The summed E-state index contributed by atoms with van der Waals surface area (Å²) in [5.41, 5.74) is 3.49. The van der Waals surface area contributed by atoms with Gasteiger partial charge in [-0.1, -0.05) is 13.8 Å². The molecule has 0 saturated carbocycles. The summed E-state index contributed by atoms with van der Waals surface area (Å²) in [6.45, 7) is 5.12. The van der Waals surface area contributed by atoms with Crippen molar-refractivity contribution in [1.82, 2.24) is 19.7 Å². The van der Waals surface area contributed by atoms with Crippen molar-refractivity contribution < 1.29 is 4.39 Å². The van der Waals surface area contributed by atoms with E-state index in [1.807, 2.05) is 29.3 Å². The molecule has 3 heterocycles. The number of nitrogens with one attached hydrogen (secondary N) is 1. The Balaban J connectivity index is 2.08. The van der Waals surface area contributed by atoms with Crippen LogP contribution in [0.4, 0.5) is 4.39 Å². The number of pyridine rings is 1. The average molecular weight is 284 g/mol. The molecule has 0 saturated heterocycles. The number of hydrogen-bond donors (Lipinski definition) is 1. The maximum atomic E-state index is 13.1. The lowest BCUT2D eigenvalue weighted by Crippen LogP contribution is -2.04. The minimum absolute atomic E-state index is 0.344. The van der Waals surface area contributed by atoms with Crippen molar-refractivity contribution in [3.63, 3.8) is 0 Å². The Kier molecular flexibility index (Phi) is 3.56. The lowest BCUT2D eigenvalue weighted by molar-refractivity contribution is 0.484. The summed E-state index contributed by atoms with van der Waals surface area (Å²) in [6.07, 6.45) is 7.03. The Labute approximate surface area is 122 Å². The summed E-state index contributed by atoms with van der Waals surface area (Å²) in [5, 5.41) is 4.62. The van der Waals surface area contributed by atoms with Crippen LogP contribution in [0.25, 0.3) is 22.5 Å². The Morgan fingerprint density at radius 3 is 2.76 bits per heavy atom. The van der Waals surface area contributed by atoms with Crippen molar-refractivity contribution in [3.05, 3.63) is 48.8 Å². The van der Waals surface area contributed by atoms with E-state index in [9.17, 15) is 4.39 Å². The number of aromatic nitrogens is 4. The highest BCUT2D eigenvalue weighted by atomic mass is 19.1. The highest BCUT2D eigenvalue weighted by Gasteiger charge is 2.15. The molecule has 0 aromatic carbocycles. The van der Waals surface area contributed by atoms with E-state index in [1.165, 1.54) is 12.3 Å². The van der Waals surface area contributed by atoms with Crippen molar-refractivity contribution in [1.29, 1.82) is 0 Å². The molecule has 0 aliphatic carbocycles. The third kappa shape index (κ3) is 2.86. The van der Waals surface area contributed by atoms with E-state index in [4.69, 9.17) is 0 Å². The van der Waals surface area contributed by atoms with Crippen molar-refractivity contribution in [3.8, 4) is 22.5 Å². The van der Waals surface area contributed by atoms with E-state index in [-0.39, 0.29) is 5.82 Å². The molecule has 3 aromatic heterocycles. The summed E-state index contributed by atoms with van der Waals surface area (Å²) in [6, 6.07) is 5.06. The Hall–Kier alpha value is -2.43. The molecule has 0 aliphatic heterocycles. The minimum Gasteiger partial charge on any atom is -0.367 e. The first-order valence-corrected chi connectivity index (χ1v) is 6.96. The van der Waals surface area contributed by atoms with Crippen LogP contribution in [0.15, 0.2) is 43.0 Å².